The maximum atomic E-state index is 9.22. The van der Waals surface area contributed by atoms with Crippen LogP contribution < -0.4 is 0 Å². The van der Waals surface area contributed by atoms with E-state index in [1.165, 1.54) is 0 Å². The Morgan fingerprint density at radius 3 is 2.55 bits per heavy atom. The molecule has 11 heavy (non-hydrogen) atoms. The summed E-state index contributed by atoms with van der Waals surface area (Å²) in [5, 5.41) is 13.4. The molecule has 0 unspecified atom stereocenters. The normalized spacial score (nSPS) is 16.4. The molecule has 0 aliphatic rings. The first-order valence-corrected chi connectivity index (χ1v) is 3.81. The Hall–Kier alpha value is -0.830. The van der Waals surface area contributed by atoms with Gasteiger partial charge in [0.15, 0.2) is 0 Å². The van der Waals surface area contributed by atoms with Crippen LogP contribution in [0.2, 0.25) is 0 Å². The molecule has 0 radical (unpaired) electrons. The van der Waals surface area contributed by atoms with Crippen LogP contribution in [0.5, 0.6) is 0 Å². The number of aliphatic hydroxyl groups is 1. The van der Waals surface area contributed by atoms with Crippen LogP contribution in [0.3, 0.4) is 0 Å². The number of hydrogen-bond donors (Lipinski definition) is 1. The van der Waals surface area contributed by atoms with Gasteiger partial charge in [-0.3, -0.25) is 4.68 Å². The van der Waals surface area contributed by atoms with Gasteiger partial charge in [-0.2, -0.15) is 5.10 Å². The third kappa shape index (κ3) is 1.80. The van der Waals surface area contributed by atoms with E-state index in [2.05, 4.69) is 5.10 Å². The molecular weight excluding hydrogens is 140 g/mol. The fourth-order valence-corrected chi connectivity index (χ4v) is 0.881. The van der Waals surface area contributed by atoms with E-state index < -0.39 is 0 Å². The van der Waals surface area contributed by atoms with Gasteiger partial charge in [0.25, 0.3) is 0 Å². The van der Waals surface area contributed by atoms with Crippen LogP contribution in [0.15, 0.2) is 12.3 Å². The molecule has 0 fully saturated rings. The largest absolute Gasteiger partial charge is 0.391 e. The molecule has 0 aliphatic carbocycles. The summed E-state index contributed by atoms with van der Waals surface area (Å²) in [6, 6.07) is 1.99. The molecule has 1 aromatic rings. The summed E-state index contributed by atoms with van der Waals surface area (Å²) in [6.07, 6.45) is 1.53. The van der Waals surface area contributed by atoms with Crippen molar-refractivity contribution < 1.29 is 5.11 Å². The minimum Gasteiger partial charge on any atom is -0.391 e. The first kappa shape index (κ1) is 8.27. The standard InChI is InChI=1S/C8H14N2O/c1-6-4-5-10(9-6)7(2)8(3)11/h4-5,7-8,11H,1-3H3/t7-,8+/m0/s1. The summed E-state index contributed by atoms with van der Waals surface area (Å²) >= 11 is 0. The van der Waals surface area contributed by atoms with Gasteiger partial charge in [0.05, 0.1) is 17.8 Å². The zero-order valence-corrected chi connectivity index (χ0v) is 7.15. The van der Waals surface area contributed by atoms with Crippen molar-refractivity contribution in [3.63, 3.8) is 0 Å². The Morgan fingerprint density at radius 1 is 1.55 bits per heavy atom. The average molecular weight is 154 g/mol. The van der Waals surface area contributed by atoms with Crippen LogP contribution in [0.1, 0.15) is 25.6 Å². The monoisotopic (exact) mass is 154 g/mol. The lowest BCUT2D eigenvalue weighted by Crippen LogP contribution is -2.18. The number of aliphatic hydroxyl groups excluding tert-OH is 1. The summed E-state index contributed by atoms with van der Waals surface area (Å²) in [7, 11) is 0. The lowest BCUT2D eigenvalue weighted by atomic mass is 10.2. The molecule has 0 aliphatic heterocycles. The minimum atomic E-state index is -0.353. The Morgan fingerprint density at radius 2 is 2.18 bits per heavy atom. The summed E-state index contributed by atoms with van der Waals surface area (Å²) < 4.78 is 1.78. The maximum Gasteiger partial charge on any atom is 0.0747 e. The molecule has 0 saturated heterocycles. The zero-order chi connectivity index (χ0) is 8.43. The fraction of sp³-hybridized carbons (Fsp3) is 0.625. The van der Waals surface area contributed by atoms with Crippen molar-refractivity contribution in [2.24, 2.45) is 0 Å². The van der Waals surface area contributed by atoms with E-state index in [0.29, 0.717) is 0 Å². The predicted octanol–water partition coefficient (Wildman–Crippen LogP) is 1.13. The topological polar surface area (TPSA) is 38.0 Å². The van der Waals surface area contributed by atoms with Gasteiger partial charge in [0.2, 0.25) is 0 Å². The third-order valence-electron chi connectivity index (χ3n) is 1.86. The van der Waals surface area contributed by atoms with Crippen molar-refractivity contribution in [3.05, 3.63) is 18.0 Å². The molecule has 1 rings (SSSR count). The Bertz CT molecular complexity index is 230. The highest BCUT2D eigenvalue weighted by atomic mass is 16.3. The highest BCUT2D eigenvalue weighted by molar-refractivity contribution is 4.96. The molecule has 2 atom stereocenters. The fourth-order valence-electron chi connectivity index (χ4n) is 0.881. The predicted molar refractivity (Wildman–Crippen MR) is 43.4 cm³/mol. The van der Waals surface area contributed by atoms with Gasteiger partial charge in [-0.15, -0.1) is 0 Å². The lowest BCUT2D eigenvalue weighted by Gasteiger charge is -2.14. The number of rotatable bonds is 2. The van der Waals surface area contributed by atoms with Crippen LogP contribution in [0.4, 0.5) is 0 Å². The first-order valence-electron chi connectivity index (χ1n) is 3.81. The number of nitrogens with zero attached hydrogens (tertiary/aromatic N) is 2. The molecule has 0 saturated carbocycles. The van der Waals surface area contributed by atoms with Crippen molar-refractivity contribution in [1.82, 2.24) is 9.78 Å². The molecule has 1 N–H and O–H groups in total. The zero-order valence-electron chi connectivity index (χ0n) is 7.15. The molecule has 3 heteroatoms. The Labute approximate surface area is 66.7 Å². The quantitative estimate of drug-likeness (QED) is 0.693. The summed E-state index contributed by atoms with van der Waals surface area (Å²) in [6.45, 7) is 5.64. The van der Waals surface area contributed by atoms with E-state index in [9.17, 15) is 5.11 Å². The van der Waals surface area contributed by atoms with Gasteiger partial charge < -0.3 is 5.11 Å². The van der Waals surface area contributed by atoms with E-state index in [4.69, 9.17) is 0 Å². The van der Waals surface area contributed by atoms with Crippen molar-refractivity contribution in [3.8, 4) is 0 Å². The minimum absolute atomic E-state index is 0.0590. The van der Waals surface area contributed by atoms with Gasteiger partial charge in [-0.25, -0.2) is 0 Å². The molecule has 0 aromatic carbocycles. The highest BCUT2D eigenvalue weighted by Crippen LogP contribution is 2.09. The molecule has 1 aromatic heterocycles. The van der Waals surface area contributed by atoms with Crippen molar-refractivity contribution in [2.45, 2.75) is 32.9 Å². The SMILES string of the molecule is Cc1ccn([C@@H](C)[C@@H](C)O)n1. The van der Waals surface area contributed by atoms with Crippen LogP contribution >= 0.6 is 0 Å². The van der Waals surface area contributed by atoms with E-state index >= 15 is 0 Å². The number of hydrogen-bond acceptors (Lipinski definition) is 2. The molecule has 62 valence electrons. The second kappa shape index (κ2) is 3.05. The van der Waals surface area contributed by atoms with Crippen LogP contribution in [-0.2, 0) is 0 Å². The number of aryl methyl sites for hydroxylation is 1. The molecule has 0 spiro atoms. The summed E-state index contributed by atoms with van der Waals surface area (Å²) in [5.41, 5.74) is 0.984. The van der Waals surface area contributed by atoms with E-state index in [-0.39, 0.29) is 12.1 Å². The third-order valence-corrected chi connectivity index (χ3v) is 1.86. The van der Waals surface area contributed by atoms with Crippen LogP contribution in [0, 0.1) is 6.92 Å². The van der Waals surface area contributed by atoms with Crippen molar-refractivity contribution in [1.29, 1.82) is 0 Å². The summed E-state index contributed by atoms with van der Waals surface area (Å²) in [5.74, 6) is 0. The van der Waals surface area contributed by atoms with Gasteiger partial charge in [-0.1, -0.05) is 0 Å². The highest BCUT2D eigenvalue weighted by Gasteiger charge is 2.10. The number of aromatic nitrogens is 2. The Balaban J connectivity index is 2.76. The lowest BCUT2D eigenvalue weighted by molar-refractivity contribution is 0.132. The summed E-state index contributed by atoms with van der Waals surface area (Å²) in [4.78, 5) is 0. The molecule has 0 bridgehead atoms. The van der Waals surface area contributed by atoms with Gasteiger partial charge >= 0.3 is 0 Å². The van der Waals surface area contributed by atoms with Crippen LogP contribution in [0.25, 0.3) is 0 Å². The van der Waals surface area contributed by atoms with Gasteiger partial charge in [0, 0.05) is 6.20 Å². The second-order valence-electron chi connectivity index (χ2n) is 2.92. The van der Waals surface area contributed by atoms with Crippen LogP contribution in [-0.4, -0.2) is 21.0 Å². The van der Waals surface area contributed by atoms with E-state index in [1.807, 2.05) is 26.1 Å². The van der Waals surface area contributed by atoms with Crippen molar-refractivity contribution >= 4 is 0 Å². The second-order valence-corrected chi connectivity index (χ2v) is 2.92. The van der Waals surface area contributed by atoms with Crippen molar-refractivity contribution in [2.75, 3.05) is 0 Å². The molecule has 1 heterocycles. The smallest absolute Gasteiger partial charge is 0.0747 e. The molecule has 0 amide bonds. The maximum absolute atomic E-state index is 9.22. The molecule has 3 nitrogen and oxygen atoms in total. The average Bonchev–Trinajstić information content (AvgIpc) is 2.34. The van der Waals surface area contributed by atoms with Gasteiger partial charge in [0.1, 0.15) is 0 Å². The van der Waals surface area contributed by atoms with E-state index in [0.717, 1.165) is 5.69 Å². The Kier molecular flexibility index (Phi) is 2.29. The van der Waals surface area contributed by atoms with E-state index in [1.54, 1.807) is 11.6 Å². The first-order chi connectivity index (χ1) is 5.11. The van der Waals surface area contributed by atoms with Gasteiger partial charge in [-0.05, 0) is 26.8 Å². The molecular formula is C8H14N2O.